The Labute approximate surface area is 279 Å². The third-order valence-electron chi connectivity index (χ3n) is 7.99. The average molecular weight is 664 g/mol. The Hall–Kier alpha value is -3.20. The van der Waals surface area contributed by atoms with Gasteiger partial charge in [0.05, 0.1) is 24.2 Å². The van der Waals surface area contributed by atoms with Crippen molar-refractivity contribution >= 4 is 30.1 Å². The van der Waals surface area contributed by atoms with Gasteiger partial charge in [0.25, 0.3) is 11.5 Å². The molecule has 2 fully saturated rings. The minimum Gasteiger partial charge on any atom is -0.545 e. The predicted octanol–water partition coefficient (Wildman–Crippen LogP) is 4.47. The van der Waals surface area contributed by atoms with E-state index in [0.717, 1.165) is 48.5 Å². The van der Waals surface area contributed by atoms with Gasteiger partial charge in [0.1, 0.15) is 17.5 Å². The fourth-order valence-corrected chi connectivity index (χ4v) is 5.39. The van der Waals surface area contributed by atoms with Gasteiger partial charge < -0.3 is 29.9 Å². The number of amides is 2. The van der Waals surface area contributed by atoms with E-state index >= 15 is 0 Å². The van der Waals surface area contributed by atoms with Crippen molar-refractivity contribution < 1.29 is 42.4 Å². The minimum absolute atomic E-state index is 0. The van der Waals surface area contributed by atoms with Crippen LogP contribution in [0.15, 0.2) is 23.0 Å². The van der Waals surface area contributed by atoms with Crippen LogP contribution in [0.5, 0.6) is 5.75 Å². The molecule has 1 aromatic carbocycles. The standard InChI is InChI=1S/C17H22N2O2.C14H24N2O2.CH3NO.CHO.V/c1-21-13-9-10-14-16(11-13)19-17(20)15(18-14)6-4-2-3-5-12-7-8-12;1-10-11(6-8-15)7-9-16(10)13(17)12(18-5)14(2,3)4;2-1-3;1-2;/h9-12H,2-8H2,1H3,(H,19,20);10-12H,6-7,9H2,1-5H3;1H,(H2,2,3);1H;/q;;;-1;/t;10?,11?,12-;;;/m.1.../s1. The third kappa shape index (κ3) is 13.8. The van der Waals surface area contributed by atoms with Gasteiger partial charge in [0, 0.05) is 50.7 Å². The largest absolute Gasteiger partial charge is 0.545 e. The Bertz CT molecular complexity index is 1270. The van der Waals surface area contributed by atoms with E-state index in [4.69, 9.17) is 24.3 Å². The zero-order valence-electron chi connectivity index (χ0n) is 27.6. The number of nitrogens with two attached hydrogens (primary N) is 1. The van der Waals surface area contributed by atoms with E-state index in [1.165, 1.54) is 32.1 Å². The first-order valence-corrected chi connectivity index (χ1v) is 15.2. The molecule has 3 atom stereocenters. The van der Waals surface area contributed by atoms with Crippen molar-refractivity contribution in [1.29, 1.82) is 5.26 Å². The average Bonchev–Trinajstić information content (AvgIpc) is 3.75. The SMILES string of the molecule is CO[C@H](C(=O)N1CCC(CC#N)C1C)C(C)(C)C.COc1ccc2nc(CCCCCC3CC3)c(=O)[nH]c2c1.NC=O.[CH-]=O.[V]. The van der Waals surface area contributed by atoms with Crippen LogP contribution in [0, 0.1) is 28.6 Å². The molecule has 1 radical (unpaired) electrons. The van der Waals surface area contributed by atoms with Gasteiger partial charge >= 0.3 is 0 Å². The number of likely N-dealkylation sites (tertiary alicyclic amines) is 1. The summed E-state index contributed by atoms with van der Waals surface area (Å²) in [5, 5.41) is 8.78. The molecular formula is C33H50N5O6V-. The second-order valence-corrected chi connectivity index (χ2v) is 12.2. The van der Waals surface area contributed by atoms with Crippen molar-refractivity contribution in [2.75, 3.05) is 20.8 Å². The number of aromatic nitrogens is 2. The Kier molecular flexibility index (Phi) is 20.0. The number of primary amides is 1. The molecule has 2 unspecified atom stereocenters. The van der Waals surface area contributed by atoms with Gasteiger partial charge in [-0.2, -0.15) is 5.26 Å². The number of methoxy groups -OCH3 is 2. The molecule has 2 amide bonds. The summed E-state index contributed by atoms with van der Waals surface area (Å²) in [6, 6.07) is 7.91. The molecule has 1 aliphatic carbocycles. The van der Waals surface area contributed by atoms with Gasteiger partial charge in [-0.1, -0.05) is 52.9 Å². The van der Waals surface area contributed by atoms with Crippen LogP contribution in [0.4, 0.5) is 0 Å². The van der Waals surface area contributed by atoms with Gasteiger partial charge in [0.2, 0.25) is 6.41 Å². The summed E-state index contributed by atoms with van der Waals surface area (Å²) < 4.78 is 10.5. The van der Waals surface area contributed by atoms with Crippen molar-refractivity contribution in [3.05, 3.63) is 34.2 Å². The van der Waals surface area contributed by atoms with Gasteiger partial charge in [-0.05, 0) is 55.6 Å². The molecule has 0 bridgehead atoms. The molecular weight excluding hydrogens is 613 g/mol. The van der Waals surface area contributed by atoms with Crippen LogP contribution >= 0.6 is 0 Å². The molecule has 1 aliphatic heterocycles. The maximum Gasteiger partial charge on any atom is 0.270 e. The fraction of sp³-hybridized carbons (Fsp3) is 0.636. The molecule has 4 rings (SSSR count). The maximum absolute atomic E-state index is 12.5. The number of carbonyl (C=O) groups is 2. The van der Waals surface area contributed by atoms with E-state index in [0.29, 0.717) is 18.0 Å². The number of unbranched alkanes of at least 4 members (excludes halogenated alkanes) is 2. The van der Waals surface area contributed by atoms with Crippen molar-refractivity contribution in [1.82, 2.24) is 14.9 Å². The molecule has 12 heteroatoms. The van der Waals surface area contributed by atoms with Crippen molar-refractivity contribution in [2.45, 2.75) is 97.6 Å². The number of nitrogens with one attached hydrogen (secondary N) is 1. The van der Waals surface area contributed by atoms with Gasteiger partial charge in [-0.3, -0.25) is 21.2 Å². The number of H-pyrrole nitrogens is 1. The van der Waals surface area contributed by atoms with E-state index in [2.05, 4.69) is 28.6 Å². The monoisotopic (exact) mass is 663 g/mol. The third-order valence-corrected chi connectivity index (χ3v) is 7.99. The molecule has 2 heterocycles. The van der Waals surface area contributed by atoms with E-state index in [1.807, 2.05) is 50.8 Å². The predicted molar refractivity (Wildman–Crippen MR) is 171 cm³/mol. The number of carbonyl (C=O) groups excluding carboxylic acids is 3. The summed E-state index contributed by atoms with van der Waals surface area (Å²) in [7, 11) is 3.20. The summed E-state index contributed by atoms with van der Waals surface area (Å²) >= 11 is 0. The second kappa shape index (κ2) is 21.5. The first-order valence-electron chi connectivity index (χ1n) is 15.2. The quantitative estimate of drug-likeness (QED) is 0.213. The van der Waals surface area contributed by atoms with Crippen molar-refractivity contribution in [3.8, 4) is 11.8 Å². The zero-order chi connectivity index (χ0) is 33.3. The Balaban J connectivity index is 0.000000746. The number of nitriles is 1. The number of aromatic amines is 1. The first-order chi connectivity index (χ1) is 21.0. The molecule has 1 saturated carbocycles. The molecule has 45 heavy (non-hydrogen) atoms. The molecule has 1 saturated heterocycles. The second-order valence-electron chi connectivity index (χ2n) is 12.2. The molecule has 2 aromatic rings. The molecule has 0 spiro atoms. The smallest absolute Gasteiger partial charge is 0.270 e. The van der Waals surface area contributed by atoms with Gasteiger partial charge in [-0.15, -0.1) is 0 Å². The number of hydrogen-bond acceptors (Lipinski definition) is 8. The summed E-state index contributed by atoms with van der Waals surface area (Å²) in [6.07, 6.45) is 9.78. The Morgan fingerprint density at radius 1 is 1.22 bits per heavy atom. The van der Waals surface area contributed by atoms with Crippen molar-refractivity contribution in [2.24, 2.45) is 23.0 Å². The van der Waals surface area contributed by atoms with Crippen molar-refractivity contribution in [3.63, 3.8) is 0 Å². The number of aryl methyl sites for hydroxylation is 1. The van der Waals surface area contributed by atoms with Gasteiger partial charge in [-0.25, -0.2) is 4.98 Å². The van der Waals surface area contributed by atoms with Crippen LogP contribution in [0.25, 0.3) is 11.0 Å². The summed E-state index contributed by atoms with van der Waals surface area (Å²) in [5.74, 6) is 2.09. The topological polar surface area (TPSA) is 168 Å². The Morgan fingerprint density at radius 3 is 2.40 bits per heavy atom. The summed E-state index contributed by atoms with van der Waals surface area (Å²) in [6.45, 7) is 12.0. The molecule has 3 N–H and O–H groups in total. The van der Waals surface area contributed by atoms with E-state index in [1.54, 1.807) is 14.2 Å². The van der Waals surface area contributed by atoms with Crippen LogP contribution in [0.2, 0.25) is 0 Å². The first kappa shape index (κ1) is 41.8. The molecule has 1 aromatic heterocycles. The minimum atomic E-state index is -0.416. The maximum atomic E-state index is 12.5. The number of nitrogens with zero attached hydrogens (tertiary/aromatic N) is 3. The van der Waals surface area contributed by atoms with Crippen LogP contribution in [0.1, 0.15) is 84.8 Å². The number of benzene rings is 1. The Morgan fingerprint density at radius 2 is 1.87 bits per heavy atom. The normalized spacial score (nSPS) is 17.5. The van der Waals surface area contributed by atoms with Crippen LogP contribution < -0.4 is 16.0 Å². The molecule has 11 nitrogen and oxygen atoms in total. The van der Waals surface area contributed by atoms with Crippen LogP contribution in [0.3, 0.4) is 0 Å². The zero-order valence-corrected chi connectivity index (χ0v) is 29.0. The number of hydrogen-bond donors (Lipinski definition) is 2. The number of rotatable bonds is 10. The molecule has 2 aliphatic rings. The van der Waals surface area contributed by atoms with E-state index in [-0.39, 0.29) is 47.9 Å². The fourth-order valence-electron chi connectivity index (χ4n) is 5.39. The summed E-state index contributed by atoms with van der Waals surface area (Å²) in [5.41, 5.74) is 6.09. The van der Waals surface area contributed by atoms with Crippen LogP contribution in [-0.2, 0) is 44.1 Å². The van der Waals surface area contributed by atoms with E-state index in [9.17, 15) is 9.59 Å². The van der Waals surface area contributed by atoms with Gasteiger partial charge in [0.15, 0.2) is 0 Å². The van der Waals surface area contributed by atoms with E-state index < -0.39 is 6.10 Å². The molecule has 249 valence electrons. The van der Waals surface area contributed by atoms with Crippen LogP contribution in [-0.4, -0.2) is 66.9 Å². The number of fused-ring (bicyclic) bond motifs is 1. The summed E-state index contributed by atoms with van der Waals surface area (Å²) in [4.78, 5) is 50.2. The number of ether oxygens (including phenoxy) is 2.